The number of unbranched alkanes of at least 4 members (excludes halogenated alkanes) is 5. The Kier molecular flexibility index (Phi) is 9.44. The van der Waals surface area contributed by atoms with Crippen LogP contribution >= 0.6 is 0 Å². The topological polar surface area (TPSA) is 52.6 Å². The summed E-state index contributed by atoms with van der Waals surface area (Å²) in [6.45, 7) is 0.634. The molecule has 0 spiro atoms. The van der Waals surface area contributed by atoms with Crippen molar-refractivity contribution in [1.82, 2.24) is 0 Å². The number of allylic oxidation sites excluding steroid dienone is 1. The summed E-state index contributed by atoms with van der Waals surface area (Å²) in [5, 5.41) is 0. The third-order valence-corrected chi connectivity index (χ3v) is 4.16. The maximum Gasteiger partial charge on any atom is 0.153 e. The van der Waals surface area contributed by atoms with E-state index in [1.807, 2.05) is 36.4 Å². The lowest BCUT2D eigenvalue weighted by atomic mass is 10.1. The third kappa shape index (κ3) is 7.48. The van der Waals surface area contributed by atoms with Gasteiger partial charge in [-0.05, 0) is 49.6 Å². The van der Waals surface area contributed by atoms with E-state index >= 15 is 0 Å². The summed E-state index contributed by atoms with van der Waals surface area (Å²) in [6.07, 6.45) is 11.7. The van der Waals surface area contributed by atoms with Crippen LogP contribution in [0.15, 0.2) is 60.9 Å². The zero-order valence-corrected chi connectivity index (χ0v) is 15.5. The van der Waals surface area contributed by atoms with Crippen molar-refractivity contribution in [3.8, 4) is 11.5 Å². The molecule has 0 heterocycles. The van der Waals surface area contributed by atoms with E-state index in [4.69, 9.17) is 9.47 Å². The van der Waals surface area contributed by atoms with Gasteiger partial charge in [0.05, 0.1) is 24.0 Å². The predicted molar refractivity (Wildman–Crippen MR) is 107 cm³/mol. The van der Waals surface area contributed by atoms with E-state index in [9.17, 15) is 9.59 Å². The molecular formula is C23H26O4. The first-order valence-corrected chi connectivity index (χ1v) is 9.38. The van der Waals surface area contributed by atoms with Crippen LogP contribution in [0.5, 0.6) is 11.5 Å². The monoisotopic (exact) mass is 366 g/mol. The minimum Gasteiger partial charge on any atom is -0.493 e. The molecule has 142 valence electrons. The summed E-state index contributed by atoms with van der Waals surface area (Å²) in [7, 11) is 0. The van der Waals surface area contributed by atoms with Gasteiger partial charge in [-0.1, -0.05) is 43.5 Å². The number of aldehydes is 2. The number of hydrogen-bond acceptors (Lipinski definition) is 4. The number of hydrogen-bond donors (Lipinski definition) is 0. The summed E-state index contributed by atoms with van der Waals surface area (Å²) in [5.74, 6) is 1.24. The molecule has 27 heavy (non-hydrogen) atoms. The van der Waals surface area contributed by atoms with Crippen molar-refractivity contribution in [2.75, 3.05) is 6.61 Å². The van der Waals surface area contributed by atoms with Crippen LogP contribution in [0.3, 0.4) is 0 Å². The molecule has 0 aliphatic carbocycles. The number of para-hydroxylation sites is 2. The van der Waals surface area contributed by atoms with Gasteiger partial charge < -0.3 is 9.47 Å². The quantitative estimate of drug-likeness (QED) is 0.262. The van der Waals surface area contributed by atoms with Gasteiger partial charge in [0, 0.05) is 0 Å². The molecule has 4 heteroatoms. The second kappa shape index (κ2) is 12.5. The van der Waals surface area contributed by atoms with Gasteiger partial charge >= 0.3 is 0 Å². The molecule has 0 bridgehead atoms. The van der Waals surface area contributed by atoms with Gasteiger partial charge in [-0.3, -0.25) is 9.59 Å². The zero-order chi connectivity index (χ0) is 19.2. The maximum atomic E-state index is 10.9. The largest absolute Gasteiger partial charge is 0.493 e. The summed E-state index contributed by atoms with van der Waals surface area (Å²) in [5.41, 5.74) is 1.16. The highest BCUT2D eigenvalue weighted by Crippen LogP contribution is 2.17. The molecule has 0 atom stereocenters. The summed E-state index contributed by atoms with van der Waals surface area (Å²) in [4.78, 5) is 21.8. The van der Waals surface area contributed by atoms with E-state index in [1.165, 1.54) is 0 Å². The van der Waals surface area contributed by atoms with Crippen LogP contribution in [-0.4, -0.2) is 19.2 Å². The van der Waals surface area contributed by atoms with Crippen LogP contribution < -0.4 is 9.47 Å². The van der Waals surface area contributed by atoms with Gasteiger partial charge in [0.25, 0.3) is 0 Å². The first kappa shape index (κ1) is 20.4. The molecule has 0 aromatic heterocycles. The molecule has 2 aromatic rings. The smallest absolute Gasteiger partial charge is 0.153 e. The minimum absolute atomic E-state index is 0.556. The van der Waals surface area contributed by atoms with Crippen LogP contribution in [0.4, 0.5) is 0 Å². The van der Waals surface area contributed by atoms with Crippen molar-refractivity contribution < 1.29 is 19.1 Å². The molecule has 0 saturated carbocycles. The lowest BCUT2D eigenvalue weighted by Gasteiger charge is -2.07. The number of ether oxygens (including phenoxy) is 2. The van der Waals surface area contributed by atoms with Crippen LogP contribution in [0, 0.1) is 0 Å². The zero-order valence-electron chi connectivity index (χ0n) is 15.5. The van der Waals surface area contributed by atoms with Crippen molar-refractivity contribution >= 4 is 12.6 Å². The number of benzene rings is 2. The molecule has 0 unspecified atom stereocenters. The molecule has 0 amide bonds. The van der Waals surface area contributed by atoms with Crippen molar-refractivity contribution in [2.45, 2.75) is 38.5 Å². The number of carbonyl (C=O) groups excluding carboxylic acids is 2. The molecule has 2 rings (SSSR count). The Morgan fingerprint density at radius 1 is 0.704 bits per heavy atom. The Morgan fingerprint density at radius 3 is 2.04 bits per heavy atom. The third-order valence-electron chi connectivity index (χ3n) is 4.16. The molecule has 0 N–H and O–H groups in total. The Bertz CT molecular complexity index is 737. The fourth-order valence-electron chi connectivity index (χ4n) is 2.66. The van der Waals surface area contributed by atoms with E-state index in [1.54, 1.807) is 24.5 Å². The number of rotatable bonds is 13. The van der Waals surface area contributed by atoms with Gasteiger partial charge in [-0.25, -0.2) is 0 Å². The fraction of sp³-hybridized carbons (Fsp3) is 0.304. The molecule has 0 radical (unpaired) electrons. The molecule has 0 fully saturated rings. The van der Waals surface area contributed by atoms with Gasteiger partial charge in [-0.2, -0.15) is 0 Å². The average Bonchev–Trinajstić information content (AvgIpc) is 2.72. The van der Waals surface area contributed by atoms with Crippen molar-refractivity contribution in [1.29, 1.82) is 0 Å². The van der Waals surface area contributed by atoms with E-state index in [2.05, 4.69) is 0 Å². The average molecular weight is 366 g/mol. The molecule has 0 saturated heterocycles. The highest BCUT2D eigenvalue weighted by atomic mass is 16.5. The normalized spacial score (nSPS) is 10.7. The van der Waals surface area contributed by atoms with Crippen molar-refractivity contribution in [3.63, 3.8) is 0 Å². The van der Waals surface area contributed by atoms with Gasteiger partial charge in [0.15, 0.2) is 12.6 Å². The highest BCUT2D eigenvalue weighted by molar-refractivity contribution is 5.79. The molecule has 0 aliphatic heterocycles. The molecule has 4 nitrogen and oxygen atoms in total. The second-order valence-corrected chi connectivity index (χ2v) is 6.21. The van der Waals surface area contributed by atoms with E-state index in [-0.39, 0.29) is 0 Å². The minimum atomic E-state index is 0.556. The fourth-order valence-corrected chi connectivity index (χ4v) is 2.66. The summed E-state index contributed by atoms with van der Waals surface area (Å²) >= 11 is 0. The van der Waals surface area contributed by atoms with E-state index in [0.717, 1.165) is 51.1 Å². The molecule has 2 aromatic carbocycles. The Balaban J connectivity index is 1.50. The van der Waals surface area contributed by atoms with E-state index in [0.29, 0.717) is 29.2 Å². The van der Waals surface area contributed by atoms with Crippen molar-refractivity contribution in [3.05, 3.63) is 72.0 Å². The standard InChI is InChI=1S/C23H26O4/c24-18-20-12-6-8-14-22(20)26-16-10-4-2-1-3-5-11-17-27-23-15-9-7-13-21(23)19-25/h6-10,12-16,18-19H,1-5,11,17H2. The summed E-state index contributed by atoms with van der Waals surface area (Å²) < 4.78 is 11.2. The second-order valence-electron chi connectivity index (χ2n) is 6.21. The summed E-state index contributed by atoms with van der Waals surface area (Å²) in [6, 6.07) is 14.5. The van der Waals surface area contributed by atoms with Crippen molar-refractivity contribution in [2.24, 2.45) is 0 Å². The molecular weight excluding hydrogens is 340 g/mol. The number of carbonyl (C=O) groups is 2. The first-order chi connectivity index (χ1) is 13.3. The first-order valence-electron chi connectivity index (χ1n) is 9.38. The van der Waals surface area contributed by atoms with Gasteiger partial charge in [0.2, 0.25) is 0 Å². The van der Waals surface area contributed by atoms with Crippen LogP contribution in [0.2, 0.25) is 0 Å². The SMILES string of the molecule is O=Cc1ccccc1OC=CCCCCCCCOc1ccccc1C=O. The lowest BCUT2D eigenvalue weighted by molar-refractivity contribution is 0.111. The van der Waals surface area contributed by atoms with E-state index < -0.39 is 0 Å². The molecule has 0 aliphatic rings. The Hall–Kier alpha value is -2.88. The maximum absolute atomic E-state index is 10.9. The van der Waals surface area contributed by atoms with Crippen LogP contribution in [0.1, 0.15) is 59.2 Å². The Morgan fingerprint density at radius 2 is 1.30 bits per heavy atom. The highest BCUT2D eigenvalue weighted by Gasteiger charge is 2.01. The predicted octanol–water partition coefficient (Wildman–Crippen LogP) is 5.62. The van der Waals surface area contributed by atoms with Gasteiger partial charge in [-0.15, -0.1) is 0 Å². The van der Waals surface area contributed by atoms with Crippen LogP contribution in [-0.2, 0) is 0 Å². The Labute approximate surface area is 160 Å². The van der Waals surface area contributed by atoms with Gasteiger partial charge in [0.1, 0.15) is 11.5 Å². The lowest BCUT2D eigenvalue weighted by Crippen LogP contribution is -1.99. The van der Waals surface area contributed by atoms with Crippen LogP contribution in [0.25, 0.3) is 0 Å².